The minimum Gasteiger partial charge on any atom is -0.388 e. The molecule has 0 bridgehead atoms. The molecule has 2 aliphatic rings. The Bertz CT molecular complexity index is 404. The highest BCUT2D eigenvalue weighted by atomic mass is 16.5. The average molecular weight is 298 g/mol. The summed E-state index contributed by atoms with van der Waals surface area (Å²) in [5.74, 6) is -0.0798. The van der Waals surface area contributed by atoms with Crippen LogP contribution in [0, 0.1) is 5.41 Å². The Morgan fingerprint density at radius 2 is 1.95 bits per heavy atom. The van der Waals surface area contributed by atoms with Crippen LogP contribution in [-0.2, 0) is 9.53 Å². The van der Waals surface area contributed by atoms with E-state index in [1.54, 1.807) is 11.9 Å². The second kappa shape index (κ2) is 5.52. The van der Waals surface area contributed by atoms with Crippen LogP contribution in [0.4, 0.5) is 0 Å². The summed E-state index contributed by atoms with van der Waals surface area (Å²) in [7, 11) is 1.75. The predicted molar refractivity (Wildman–Crippen MR) is 81.8 cm³/mol. The van der Waals surface area contributed by atoms with Crippen molar-refractivity contribution >= 4 is 5.91 Å². The molecule has 3 N–H and O–H groups in total. The zero-order valence-corrected chi connectivity index (χ0v) is 13.8. The molecule has 0 spiro atoms. The quantitative estimate of drug-likeness (QED) is 0.802. The molecule has 2 unspecified atom stereocenters. The van der Waals surface area contributed by atoms with E-state index in [4.69, 9.17) is 10.5 Å². The van der Waals surface area contributed by atoms with Crippen LogP contribution in [0.3, 0.4) is 0 Å². The maximum absolute atomic E-state index is 12.8. The number of carbonyl (C=O) groups is 1. The van der Waals surface area contributed by atoms with E-state index in [0.29, 0.717) is 19.6 Å². The topological polar surface area (TPSA) is 75.8 Å². The number of ether oxygens (including phenoxy) is 1. The van der Waals surface area contributed by atoms with E-state index in [0.717, 1.165) is 25.7 Å². The molecule has 0 aromatic carbocycles. The van der Waals surface area contributed by atoms with E-state index in [1.807, 2.05) is 20.8 Å². The van der Waals surface area contributed by atoms with Gasteiger partial charge in [0.2, 0.25) is 5.91 Å². The maximum Gasteiger partial charge on any atom is 0.243 e. The van der Waals surface area contributed by atoms with Crippen LogP contribution in [0.2, 0.25) is 0 Å². The van der Waals surface area contributed by atoms with Gasteiger partial charge in [0.05, 0.1) is 11.7 Å². The first-order chi connectivity index (χ1) is 9.66. The normalized spacial score (nSPS) is 33.5. The third-order valence-corrected chi connectivity index (χ3v) is 5.62. The number of amides is 1. The number of hydrogen-bond donors (Lipinski definition) is 2. The molecule has 122 valence electrons. The zero-order valence-electron chi connectivity index (χ0n) is 13.8. The molecule has 2 atom stereocenters. The SMILES string of the molecule is CCOC1CC(N)(C(=O)N(C)CC2(O)CCCC2)C1(C)C. The molecule has 2 rings (SSSR count). The summed E-state index contributed by atoms with van der Waals surface area (Å²) in [6.45, 7) is 6.95. The number of likely N-dealkylation sites (N-methyl/N-ethyl adjacent to an activating group) is 1. The third-order valence-electron chi connectivity index (χ3n) is 5.62. The van der Waals surface area contributed by atoms with E-state index in [9.17, 15) is 9.90 Å². The molecule has 2 fully saturated rings. The molecule has 0 heterocycles. The van der Waals surface area contributed by atoms with Crippen LogP contribution in [0.1, 0.15) is 52.9 Å². The zero-order chi connectivity index (χ0) is 15.9. The molecule has 0 saturated heterocycles. The van der Waals surface area contributed by atoms with Crippen molar-refractivity contribution in [2.45, 2.75) is 70.1 Å². The van der Waals surface area contributed by atoms with E-state index in [-0.39, 0.29) is 17.4 Å². The first kappa shape index (κ1) is 16.7. The second-order valence-electron chi connectivity index (χ2n) is 7.43. The Balaban J connectivity index is 2.02. The lowest BCUT2D eigenvalue weighted by Crippen LogP contribution is -2.76. The van der Waals surface area contributed by atoms with Crippen molar-refractivity contribution in [3.8, 4) is 0 Å². The molecular weight excluding hydrogens is 268 g/mol. The predicted octanol–water partition coefficient (Wildman–Crippen LogP) is 1.28. The summed E-state index contributed by atoms with van der Waals surface area (Å²) in [5, 5.41) is 10.5. The number of nitrogens with zero attached hydrogens (tertiary/aromatic N) is 1. The number of nitrogens with two attached hydrogens (primary N) is 1. The van der Waals surface area contributed by atoms with Crippen LogP contribution >= 0.6 is 0 Å². The van der Waals surface area contributed by atoms with Crippen LogP contribution < -0.4 is 5.73 Å². The van der Waals surface area contributed by atoms with Gasteiger partial charge in [0.25, 0.3) is 0 Å². The fourth-order valence-electron chi connectivity index (χ4n) is 3.84. The van der Waals surface area contributed by atoms with Gasteiger partial charge in [-0.15, -0.1) is 0 Å². The van der Waals surface area contributed by atoms with E-state index in [2.05, 4.69) is 0 Å². The van der Waals surface area contributed by atoms with Gasteiger partial charge in [-0.2, -0.15) is 0 Å². The lowest BCUT2D eigenvalue weighted by Gasteiger charge is -2.58. The van der Waals surface area contributed by atoms with Crippen molar-refractivity contribution in [1.82, 2.24) is 4.90 Å². The van der Waals surface area contributed by atoms with Gasteiger partial charge < -0.3 is 20.5 Å². The summed E-state index contributed by atoms with van der Waals surface area (Å²) in [5.41, 5.74) is 4.41. The molecule has 2 aliphatic carbocycles. The molecule has 0 aromatic rings. The van der Waals surface area contributed by atoms with Crippen molar-refractivity contribution in [3.63, 3.8) is 0 Å². The molecule has 2 saturated carbocycles. The van der Waals surface area contributed by atoms with E-state index in [1.165, 1.54) is 0 Å². The number of hydrogen-bond acceptors (Lipinski definition) is 4. The molecule has 21 heavy (non-hydrogen) atoms. The van der Waals surface area contributed by atoms with Gasteiger partial charge in [0.1, 0.15) is 5.54 Å². The number of carbonyl (C=O) groups excluding carboxylic acids is 1. The summed E-state index contributed by atoms with van der Waals surface area (Å²) in [6.07, 6.45) is 4.18. The highest BCUT2D eigenvalue weighted by molar-refractivity contribution is 5.88. The summed E-state index contributed by atoms with van der Waals surface area (Å²) < 4.78 is 5.67. The van der Waals surface area contributed by atoms with Crippen molar-refractivity contribution in [3.05, 3.63) is 0 Å². The van der Waals surface area contributed by atoms with Crippen molar-refractivity contribution in [2.75, 3.05) is 20.2 Å². The Hall–Kier alpha value is -0.650. The lowest BCUT2D eigenvalue weighted by molar-refractivity contribution is -0.180. The van der Waals surface area contributed by atoms with Gasteiger partial charge in [0, 0.05) is 32.0 Å². The molecule has 1 amide bonds. The lowest BCUT2D eigenvalue weighted by atomic mass is 9.54. The summed E-state index contributed by atoms with van der Waals surface area (Å²) in [6, 6.07) is 0. The fourth-order valence-corrected chi connectivity index (χ4v) is 3.84. The highest BCUT2D eigenvalue weighted by Crippen LogP contribution is 2.50. The Morgan fingerprint density at radius 1 is 1.38 bits per heavy atom. The van der Waals surface area contributed by atoms with Crippen LogP contribution in [0.5, 0.6) is 0 Å². The Morgan fingerprint density at radius 3 is 2.43 bits per heavy atom. The third kappa shape index (κ3) is 2.71. The van der Waals surface area contributed by atoms with E-state index >= 15 is 0 Å². The first-order valence-corrected chi connectivity index (χ1v) is 8.05. The van der Waals surface area contributed by atoms with Crippen LogP contribution in [0.15, 0.2) is 0 Å². The van der Waals surface area contributed by atoms with Gasteiger partial charge >= 0.3 is 0 Å². The largest absolute Gasteiger partial charge is 0.388 e. The van der Waals surface area contributed by atoms with Crippen molar-refractivity contribution in [1.29, 1.82) is 0 Å². The molecule has 5 heteroatoms. The standard InChI is InChI=1S/C16H30N2O3/c1-5-21-12-10-16(17,14(12,2)3)13(19)18(4)11-15(20)8-6-7-9-15/h12,20H,5-11,17H2,1-4H3. The first-order valence-electron chi connectivity index (χ1n) is 8.05. The Kier molecular flexibility index (Phi) is 4.40. The van der Waals surface area contributed by atoms with Crippen LogP contribution in [-0.4, -0.2) is 53.4 Å². The summed E-state index contributed by atoms with van der Waals surface area (Å²) >= 11 is 0. The molecule has 0 aromatic heterocycles. The van der Waals surface area contributed by atoms with Gasteiger partial charge in [-0.3, -0.25) is 4.79 Å². The average Bonchev–Trinajstić information content (AvgIpc) is 2.83. The molecular formula is C16H30N2O3. The van der Waals surface area contributed by atoms with Gasteiger partial charge in [-0.25, -0.2) is 0 Å². The fraction of sp³-hybridized carbons (Fsp3) is 0.938. The second-order valence-corrected chi connectivity index (χ2v) is 7.43. The van der Waals surface area contributed by atoms with Gasteiger partial charge in [0.15, 0.2) is 0 Å². The minimum absolute atomic E-state index is 0.0272. The van der Waals surface area contributed by atoms with E-state index < -0.39 is 11.1 Å². The summed E-state index contributed by atoms with van der Waals surface area (Å²) in [4.78, 5) is 14.4. The van der Waals surface area contributed by atoms with Crippen molar-refractivity contribution < 1.29 is 14.6 Å². The molecule has 5 nitrogen and oxygen atoms in total. The minimum atomic E-state index is -0.892. The number of aliphatic hydroxyl groups is 1. The smallest absolute Gasteiger partial charge is 0.243 e. The van der Waals surface area contributed by atoms with Gasteiger partial charge in [-0.1, -0.05) is 26.7 Å². The van der Waals surface area contributed by atoms with Crippen molar-refractivity contribution in [2.24, 2.45) is 11.1 Å². The molecule has 0 radical (unpaired) electrons. The Labute approximate surface area is 127 Å². The highest BCUT2D eigenvalue weighted by Gasteiger charge is 2.63. The van der Waals surface area contributed by atoms with Gasteiger partial charge in [-0.05, 0) is 19.8 Å². The maximum atomic E-state index is 12.8. The van der Waals surface area contributed by atoms with Crippen LogP contribution in [0.25, 0.3) is 0 Å². The monoisotopic (exact) mass is 298 g/mol. The molecule has 0 aliphatic heterocycles. The number of rotatable bonds is 5.